The second-order valence-electron chi connectivity index (χ2n) is 4.94. The highest BCUT2D eigenvalue weighted by atomic mass is 16.5. The van der Waals surface area contributed by atoms with Crippen LogP contribution in [0.2, 0.25) is 0 Å². The van der Waals surface area contributed by atoms with Crippen molar-refractivity contribution >= 4 is 0 Å². The first-order valence-corrected chi connectivity index (χ1v) is 6.73. The van der Waals surface area contributed by atoms with Gasteiger partial charge in [0.15, 0.2) is 0 Å². The third-order valence-corrected chi connectivity index (χ3v) is 3.55. The first-order chi connectivity index (χ1) is 8.33. The molecule has 3 unspecified atom stereocenters. The zero-order valence-electron chi connectivity index (χ0n) is 10.9. The third kappa shape index (κ3) is 3.08. The molecule has 1 saturated heterocycles. The van der Waals surface area contributed by atoms with E-state index in [9.17, 15) is 0 Å². The van der Waals surface area contributed by atoms with E-state index in [0.717, 1.165) is 19.6 Å². The van der Waals surface area contributed by atoms with Gasteiger partial charge in [0.25, 0.3) is 0 Å². The van der Waals surface area contributed by atoms with Crippen molar-refractivity contribution in [3.05, 3.63) is 35.9 Å². The molecule has 3 atom stereocenters. The van der Waals surface area contributed by atoms with E-state index in [0.29, 0.717) is 18.1 Å². The molecule has 2 rings (SSSR count). The molecule has 1 N–H and O–H groups in total. The molecule has 0 aromatic heterocycles. The normalized spacial score (nSPS) is 26.0. The van der Waals surface area contributed by atoms with E-state index in [2.05, 4.69) is 49.5 Å². The van der Waals surface area contributed by atoms with Gasteiger partial charge in [-0.15, -0.1) is 0 Å². The lowest BCUT2D eigenvalue weighted by Crippen LogP contribution is -2.35. The molecule has 0 radical (unpaired) electrons. The Kier molecular flexibility index (Phi) is 4.57. The lowest BCUT2D eigenvalue weighted by Gasteiger charge is -2.27. The van der Waals surface area contributed by atoms with Crippen molar-refractivity contribution in [2.75, 3.05) is 13.2 Å². The molecule has 94 valence electrons. The SMILES string of the molecule is CCCNC(c1ccccc1)C1OCCC1C. The zero-order valence-corrected chi connectivity index (χ0v) is 10.9. The number of nitrogens with one attached hydrogen (secondary N) is 1. The monoisotopic (exact) mass is 233 g/mol. The summed E-state index contributed by atoms with van der Waals surface area (Å²) in [6.07, 6.45) is 2.66. The number of hydrogen-bond acceptors (Lipinski definition) is 2. The van der Waals surface area contributed by atoms with Gasteiger partial charge in [0, 0.05) is 6.61 Å². The van der Waals surface area contributed by atoms with E-state index < -0.39 is 0 Å². The number of ether oxygens (including phenoxy) is 1. The quantitative estimate of drug-likeness (QED) is 0.843. The van der Waals surface area contributed by atoms with Crippen molar-refractivity contribution in [1.82, 2.24) is 5.32 Å². The topological polar surface area (TPSA) is 21.3 Å². The van der Waals surface area contributed by atoms with Gasteiger partial charge in [-0.1, -0.05) is 44.2 Å². The second-order valence-corrected chi connectivity index (χ2v) is 4.94. The van der Waals surface area contributed by atoms with Crippen molar-refractivity contribution < 1.29 is 4.74 Å². The van der Waals surface area contributed by atoms with Crippen molar-refractivity contribution in [2.24, 2.45) is 5.92 Å². The molecule has 2 nitrogen and oxygen atoms in total. The van der Waals surface area contributed by atoms with Crippen LogP contribution in [-0.4, -0.2) is 19.3 Å². The van der Waals surface area contributed by atoms with Crippen molar-refractivity contribution in [3.63, 3.8) is 0 Å². The van der Waals surface area contributed by atoms with Crippen molar-refractivity contribution in [3.8, 4) is 0 Å². The molecule has 17 heavy (non-hydrogen) atoms. The maximum atomic E-state index is 5.92. The van der Waals surface area contributed by atoms with E-state index in [-0.39, 0.29) is 0 Å². The van der Waals surface area contributed by atoms with E-state index in [1.165, 1.54) is 12.0 Å². The first kappa shape index (κ1) is 12.6. The van der Waals surface area contributed by atoms with E-state index in [1.54, 1.807) is 0 Å². The smallest absolute Gasteiger partial charge is 0.0795 e. The molecule has 0 aliphatic carbocycles. The number of benzene rings is 1. The van der Waals surface area contributed by atoms with Crippen LogP contribution < -0.4 is 5.32 Å². The lowest BCUT2D eigenvalue weighted by molar-refractivity contribution is 0.0607. The molecule has 1 fully saturated rings. The van der Waals surface area contributed by atoms with E-state index in [1.807, 2.05) is 0 Å². The minimum Gasteiger partial charge on any atom is -0.376 e. The highest BCUT2D eigenvalue weighted by molar-refractivity contribution is 5.20. The Balaban J connectivity index is 2.13. The summed E-state index contributed by atoms with van der Waals surface area (Å²) in [4.78, 5) is 0. The average Bonchev–Trinajstić information content (AvgIpc) is 2.78. The molecule has 1 aliphatic rings. The summed E-state index contributed by atoms with van der Waals surface area (Å²) in [7, 11) is 0. The maximum absolute atomic E-state index is 5.92. The highest BCUT2D eigenvalue weighted by Gasteiger charge is 2.32. The molecular formula is C15H23NO. The van der Waals surface area contributed by atoms with Crippen molar-refractivity contribution in [2.45, 2.75) is 38.8 Å². The van der Waals surface area contributed by atoms with Crippen LogP contribution in [0, 0.1) is 5.92 Å². The predicted molar refractivity (Wildman–Crippen MR) is 71.0 cm³/mol. The summed E-state index contributed by atoms with van der Waals surface area (Å²) in [6, 6.07) is 11.0. The van der Waals surface area contributed by atoms with Gasteiger partial charge in [-0.05, 0) is 30.9 Å². The molecule has 0 saturated carbocycles. The summed E-state index contributed by atoms with van der Waals surface area (Å²) in [5.74, 6) is 0.643. The molecular weight excluding hydrogens is 210 g/mol. The van der Waals surface area contributed by atoms with Gasteiger partial charge in [0.1, 0.15) is 0 Å². The average molecular weight is 233 g/mol. The van der Waals surface area contributed by atoms with Gasteiger partial charge >= 0.3 is 0 Å². The van der Waals surface area contributed by atoms with Crippen molar-refractivity contribution in [1.29, 1.82) is 0 Å². The molecule has 0 bridgehead atoms. The van der Waals surface area contributed by atoms with E-state index in [4.69, 9.17) is 4.74 Å². The summed E-state index contributed by atoms with van der Waals surface area (Å²) in [6.45, 7) is 6.45. The number of rotatable bonds is 5. The zero-order chi connectivity index (χ0) is 12.1. The van der Waals surface area contributed by atoms with Crippen LogP contribution >= 0.6 is 0 Å². The van der Waals surface area contributed by atoms with Crippen LogP contribution in [0.3, 0.4) is 0 Å². The van der Waals surface area contributed by atoms with Crippen LogP contribution in [0.5, 0.6) is 0 Å². The largest absolute Gasteiger partial charge is 0.376 e. The maximum Gasteiger partial charge on any atom is 0.0795 e. The van der Waals surface area contributed by atoms with Crippen LogP contribution in [-0.2, 0) is 4.74 Å². The molecule has 1 heterocycles. The minimum atomic E-state index is 0.323. The van der Waals surface area contributed by atoms with Crippen LogP contribution in [0.25, 0.3) is 0 Å². The van der Waals surface area contributed by atoms with Gasteiger partial charge in [0.05, 0.1) is 12.1 Å². The summed E-state index contributed by atoms with van der Waals surface area (Å²) < 4.78 is 5.92. The Bertz CT molecular complexity index is 325. The summed E-state index contributed by atoms with van der Waals surface area (Å²) >= 11 is 0. The minimum absolute atomic E-state index is 0.323. The fourth-order valence-electron chi connectivity index (χ4n) is 2.53. The van der Waals surface area contributed by atoms with E-state index >= 15 is 0 Å². The third-order valence-electron chi connectivity index (χ3n) is 3.55. The predicted octanol–water partition coefficient (Wildman–Crippen LogP) is 3.15. The van der Waals surface area contributed by atoms with Gasteiger partial charge in [-0.3, -0.25) is 0 Å². The molecule has 1 aliphatic heterocycles. The van der Waals surface area contributed by atoms with Gasteiger partial charge in [-0.25, -0.2) is 0 Å². The Morgan fingerprint density at radius 3 is 2.71 bits per heavy atom. The molecule has 1 aromatic rings. The number of hydrogen-bond donors (Lipinski definition) is 1. The fourth-order valence-corrected chi connectivity index (χ4v) is 2.53. The molecule has 1 aromatic carbocycles. The summed E-state index contributed by atoms with van der Waals surface area (Å²) in [5, 5.41) is 3.63. The molecule has 0 amide bonds. The molecule has 0 spiro atoms. The fraction of sp³-hybridized carbons (Fsp3) is 0.600. The van der Waals surface area contributed by atoms with Gasteiger partial charge in [-0.2, -0.15) is 0 Å². The van der Waals surface area contributed by atoms with Crippen LogP contribution in [0.4, 0.5) is 0 Å². The summed E-state index contributed by atoms with van der Waals surface area (Å²) in [5.41, 5.74) is 1.35. The Morgan fingerprint density at radius 1 is 1.35 bits per heavy atom. The Morgan fingerprint density at radius 2 is 2.12 bits per heavy atom. The van der Waals surface area contributed by atoms with Gasteiger partial charge < -0.3 is 10.1 Å². The Labute approximate surface area is 104 Å². The molecule has 2 heteroatoms. The van der Waals surface area contributed by atoms with Crippen LogP contribution in [0.1, 0.15) is 38.3 Å². The first-order valence-electron chi connectivity index (χ1n) is 6.73. The lowest BCUT2D eigenvalue weighted by atomic mass is 9.92. The van der Waals surface area contributed by atoms with Crippen LogP contribution in [0.15, 0.2) is 30.3 Å². The standard InChI is InChI=1S/C15H23NO/c1-3-10-16-14(13-7-5-4-6-8-13)15-12(2)9-11-17-15/h4-8,12,14-16H,3,9-11H2,1-2H3. The Hall–Kier alpha value is -0.860. The highest BCUT2D eigenvalue weighted by Crippen LogP contribution is 2.31. The van der Waals surface area contributed by atoms with Gasteiger partial charge in [0.2, 0.25) is 0 Å². The second kappa shape index (κ2) is 6.18.